The van der Waals surface area contributed by atoms with Crippen molar-refractivity contribution in [3.63, 3.8) is 0 Å². The van der Waals surface area contributed by atoms with Crippen LogP contribution in [0.1, 0.15) is 41.7 Å². The van der Waals surface area contributed by atoms with E-state index in [1.54, 1.807) is 29.3 Å². The first-order valence-electron chi connectivity index (χ1n) is 12.0. The number of halogens is 1. The van der Waals surface area contributed by atoms with Gasteiger partial charge in [0.15, 0.2) is 9.84 Å². The fourth-order valence-corrected chi connectivity index (χ4v) is 6.73. The van der Waals surface area contributed by atoms with Crippen LogP contribution < -0.4 is 5.32 Å². The number of likely N-dealkylation sites (tertiary alicyclic amines) is 1. The topological polar surface area (TPSA) is 101 Å². The van der Waals surface area contributed by atoms with Crippen LogP contribution in [-0.2, 0) is 14.6 Å². The fraction of sp³-hybridized carbons (Fsp3) is 0.346. The molecule has 2 aromatic heterocycles. The van der Waals surface area contributed by atoms with Crippen molar-refractivity contribution in [2.45, 2.75) is 35.6 Å². The number of carbonyl (C=O) groups excluding carboxylic acids is 2. The minimum atomic E-state index is -3.47. The zero-order valence-electron chi connectivity index (χ0n) is 20.4. The lowest BCUT2D eigenvalue weighted by Gasteiger charge is -2.32. The highest BCUT2D eigenvalue weighted by Gasteiger charge is 2.27. The summed E-state index contributed by atoms with van der Waals surface area (Å²) in [5.41, 5.74) is 2.03. The largest absolute Gasteiger partial charge is 0.352 e. The molecule has 196 valence electrons. The number of pyridine rings is 1. The molecule has 0 atom stereocenters. The molecule has 8 nitrogen and oxygen atoms in total. The van der Waals surface area contributed by atoms with Gasteiger partial charge in [-0.3, -0.25) is 14.0 Å². The van der Waals surface area contributed by atoms with E-state index in [9.17, 15) is 18.0 Å². The van der Waals surface area contributed by atoms with E-state index in [2.05, 4.69) is 10.3 Å². The second-order valence-electron chi connectivity index (χ2n) is 9.25. The van der Waals surface area contributed by atoms with Gasteiger partial charge in [-0.15, -0.1) is 12.4 Å². The lowest BCUT2D eigenvalue weighted by Crippen LogP contribution is -2.39. The van der Waals surface area contributed by atoms with E-state index in [1.807, 2.05) is 28.7 Å². The minimum absolute atomic E-state index is 0. The first-order valence-corrected chi connectivity index (χ1v) is 14.7. The first-order chi connectivity index (χ1) is 17.3. The summed E-state index contributed by atoms with van der Waals surface area (Å²) in [5.74, 6) is 0.178. The molecule has 5 rings (SSSR count). The van der Waals surface area contributed by atoms with Crippen molar-refractivity contribution >= 4 is 57.5 Å². The number of amides is 2. The Morgan fingerprint density at radius 1 is 1.11 bits per heavy atom. The van der Waals surface area contributed by atoms with Crippen molar-refractivity contribution in [1.82, 2.24) is 19.6 Å². The molecular formula is C26H29ClN4O4S2. The molecule has 2 aliphatic heterocycles. The van der Waals surface area contributed by atoms with E-state index in [-0.39, 0.29) is 34.7 Å². The van der Waals surface area contributed by atoms with Crippen molar-refractivity contribution in [2.24, 2.45) is 5.92 Å². The van der Waals surface area contributed by atoms with Gasteiger partial charge in [-0.05, 0) is 61.9 Å². The molecule has 1 saturated heterocycles. The molecule has 1 aromatic carbocycles. The van der Waals surface area contributed by atoms with Gasteiger partial charge >= 0.3 is 0 Å². The monoisotopic (exact) mass is 560 g/mol. The summed E-state index contributed by atoms with van der Waals surface area (Å²) in [5, 5.41) is 4.02. The van der Waals surface area contributed by atoms with E-state index in [1.165, 1.54) is 17.8 Å². The molecule has 11 heteroatoms. The summed E-state index contributed by atoms with van der Waals surface area (Å²) >= 11 is 1.45. The maximum Gasteiger partial charge on any atom is 0.258 e. The van der Waals surface area contributed by atoms with Gasteiger partial charge in [-0.2, -0.15) is 0 Å². The van der Waals surface area contributed by atoms with Crippen molar-refractivity contribution in [1.29, 1.82) is 0 Å². The van der Waals surface area contributed by atoms with E-state index >= 15 is 0 Å². The van der Waals surface area contributed by atoms with E-state index < -0.39 is 9.84 Å². The Bertz CT molecular complexity index is 1460. The number of benzene rings is 1. The van der Waals surface area contributed by atoms with Crippen LogP contribution in [0.5, 0.6) is 0 Å². The van der Waals surface area contributed by atoms with Crippen LogP contribution in [-0.4, -0.2) is 60.4 Å². The second-order valence-corrected chi connectivity index (χ2v) is 12.3. The Labute approximate surface area is 226 Å². The van der Waals surface area contributed by atoms with Gasteiger partial charge in [0.25, 0.3) is 11.8 Å². The van der Waals surface area contributed by atoms with Crippen LogP contribution in [0.2, 0.25) is 0 Å². The molecular weight excluding hydrogens is 532 g/mol. The van der Waals surface area contributed by atoms with Gasteiger partial charge in [0.2, 0.25) is 0 Å². The number of nitrogens with zero attached hydrogens (tertiary/aromatic N) is 3. The quantitative estimate of drug-likeness (QED) is 0.437. The zero-order chi connectivity index (χ0) is 25.3. The molecule has 3 aromatic rings. The van der Waals surface area contributed by atoms with E-state index in [4.69, 9.17) is 0 Å². The average Bonchev–Trinajstić information content (AvgIpc) is 3.30. The Hall–Kier alpha value is -2.82. The summed E-state index contributed by atoms with van der Waals surface area (Å²) in [6.07, 6.45) is 8.37. The lowest BCUT2D eigenvalue weighted by molar-refractivity contribution is -0.116. The molecule has 2 amide bonds. The van der Waals surface area contributed by atoms with Crippen LogP contribution in [0.3, 0.4) is 0 Å². The number of thioether (sulfide) groups is 1. The van der Waals surface area contributed by atoms with Gasteiger partial charge in [0, 0.05) is 25.9 Å². The highest BCUT2D eigenvalue weighted by Crippen LogP contribution is 2.34. The van der Waals surface area contributed by atoms with E-state index in [0.29, 0.717) is 30.5 Å². The average molecular weight is 561 g/mol. The van der Waals surface area contributed by atoms with Crippen molar-refractivity contribution in [3.05, 3.63) is 64.8 Å². The Morgan fingerprint density at radius 2 is 1.86 bits per heavy atom. The molecule has 0 spiro atoms. The predicted molar refractivity (Wildman–Crippen MR) is 147 cm³/mol. The third-order valence-electron chi connectivity index (χ3n) is 6.73. The zero-order valence-corrected chi connectivity index (χ0v) is 22.9. The molecule has 1 N–H and O–H groups in total. The molecule has 0 aliphatic carbocycles. The van der Waals surface area contributed by atoms with Gasteiger partial charge in [-0.1, -0.05) is 30.0 Å². The third-order valence-corrected chi connectivity index (χ3v) is 8.94. The number of piperidine rings is 1. The number of nitrogens with one attached hydrogen (secondary N) is 1. The van der Waals surface area contributed by atoms with Crippen LogP contribution >= 0.6 is 24.2 Å². The SMILES string of the molecule is CS(=O)(=O)c1ccccc1C(=O)N1CCC(CCCNC(=O)C2=Cc3cnc4cccc(n34)S2)CC1.Cl. The number of rotatable bonds is 7. The third kappa shape index (κ3) is 5.86. The number of hydrogen-bond donors (Lipinski definition) is 1. The summed E-state index contributed by atoms with van der Waals surface area (Å²) in [6.45, 7) is 1.81. The van der Waals surface area contributed by atoms with Crippen LogP contribution in [0.15, 0.2) is 63.5 Å². The molecule has 4 heterocycles. The van der Waals surface area contributed by atoms with Crippen molar-refractivity contribution in [2.75, 3.05) is 25.9 Å². The van der Waals surface area contributed by atoms with Gasteiger partial charge < -0.3 is 10.2 Å². The summed E-state index contributed by atoms with van der Waals surface area (Å²) in [6, 6.07) is 12.3. The highest BCUT2D eigenvalue weighted by atomic mass is 35.5. The molecule has 37 heavy (non-hydrogen) atoms. The number of carbonyl (C=O) groups is 2. The smallest absolute Gasteiger partial charge is 0.258 e. The molecule has 0 saturated carbocycles. The van der Waals surface area contributed by atoms with Crippen LogP contribution in [0.4, 0.5) is 0 Å². The fourth-order valence-electron chi connectivity index (χ4n) is 4.84. The highest BCUT2D eigenvalue weighted by molar-refractivity contribution is 8.04. The summed E-state index contributed by atoms with van der Waals surface area (Å²) in [7, 11) is -3.47. The summed E-state index contributed by atoms with van der Waals surface area (Å²) < 4.78 is 26.2. The predicted octanol–water partition coefficient (Wildman–Crippen LogP) is 4.06. The normalized spacial score (nSPS) is 15.7. The van der Waals surface area contributed by atoms with E-state index in [0.717, 1.165) is 48.3 Å². The first kappa shape index (κ1) is 27.2. The Balaban J connectivity index is 0.00000320. The standard InChI is InChI=1S/C26H28N4O4S2.ClH/c1-36(33,34)22-8-3-2-7-20(22)26(32)29-14-11-18(12-15-29)6-5-13-27-25(31)21-16-19-17-28-23-9-4-10-24(35-21)30(19)23;/h2-4,7-10,16-18H,5-6,11-15H2,1H3,(H,27,31);1H. The Morgan fingerprint density at radius 3 is 2.62 bits per heavy atom. The molecule has 2 aliphatic rings. The number of sulfone groups is 1. The Kier molecular flexibility index (Phi) is 8.30. The van der Waals surface area contributed by atoms with Gasteiger partial charge in [0.05, 0.1) is 32.3 Å². The van der Waals surface area contributed by atoms with Gasteiger partial charge in [-0.25, -0.2) is 13.4 Å². The lowest BCUT2D eigenvalue weighted by atomic mass is 9.92. The summed E-state index contributed by atoms with van der Waals surface area (Å²) in [4.78, 5) is 32.6. The number of imidazole rings is 1. The number of hydrogen-bond acceptors (Lipinski definition) is 6. The van der Waals surface area contributed by atoms with Gasteiger partial charge in [0.1, 0.15) is 5.65 Å². The molecule has 1 fully saturated rings. The molecule has 0 bridgehead atoms. The minimum Gasteiger partial charge on any atom is -0.352 e. The number of aromatic nitrogens is 2. The second kappa shape index (κ2) is 11.3. The maximum absolute atomic E-state index is 13.0. The van der Waals surface area contributed by atoms with Crippen LogP contribution in [0.25, 0.3) is 11.7 Å². The maximum atomic E-state index is 13.0. The van der Waals surface area contributed by atoms with Crippen LogP contribution in [0, 0.1) is 5.92 Å². The van der Waals surface area contributed by atoms with Crippen molar-refractivity contribution < 1.29 is 18.0 Å². The van der Waals surface area contributed by atoms with Crippen molar-refractivity contribution in [3.8, 4) is 0 Å². The molecule has 0 unspecified atom stereocenters. The molecule has 0 radical (unpaired) electrons.